The highest BCUT2D eigenvalue weighted by Crippen LogP contribution is 2.18. The first-order valence-electron chi connectivity index (χ1n) is 6.95. The summed E-state index contributed by atoms with van der Waals surface area (Å²) in [7, 11) is 1.68. The summed E-state index contributed by atoms with van der Waals surface area (Å²) >= 11 is 0. The van der Waals surface area contributed by atoms with Crippen molar-refractivity contribution in [2.45, 2.75) is 6.42 Å². The van der Waals surface area contributed by atoms with Gasteiger partial charge >= 0.3 is 0 Å². The zero-order chi connectivity index (χ0) is 14.4. The zero-order valence-corrected chi connectivity index (χ0v) is 11.9. The van der Waals surface area contributed by atoms with Gasteiger partial charge in [0.05, 0.1) is 46.3 Å². The van der Waals surface area contributed by atoms with Crippen LogP contribution >= 0.6 is 0 Å². The number of carbonyl (C=O) groups excluding carboxylic acids is 1. The Kier molecular flexibility index (Phi) is 5.20. The number of nitrogens with one attached hydrogen (secondary N) is 2. The molecule has 0 radical (unpaired) electrons. The highest BCUT2D eigenvalue weighted by molar-refractivity contribution is 5.75. The fourth-order valence-electron chi connectivity index (χ4n) is 2.49. The van der Waals surface area contributed by atoms with E-state index in [2.05, 4.69) is 22.5 Å². The number of ether oxygens (including phenoxy) is 1. The number of hydrazine groups is 1. The van der Waals surface area contributed by atoms with Gasteiger partial charge in [0.25, 0.3) is 0 Å². The molecule has 2 rings (SSSR count). The molecule has 1 aliphatic rings. The molecule has 1 aliphatic heterocycles. The number of methoxy groups -OCH3 is 1. The van der Waals surface area contributed by atoms with Crippen LogP contribution in [0.1, 0.15) is 6.42 Å². The molecule has 0 aromatic heterocycles. The van der Waals surface area contributed by atoms with E-state index in [9.17, 15) is 4.79 Å². The molecule has 20 heavy (non-hydrogen) atoms. The minimum absolute atomic E-state index is 0.0879. The van der Waals surface area contributed by atoms with E-state index in [-0.39, 0.29) is 5.91 Å². The van der Waals surface area contributed by atoms with E-state index in [1.165, 1.54) is 10.6 Å². The van der Waals surface area contributed by atoms with Crippen LogP contribution in [0.5, 0.6) is 5.75 Å². The lowest BCUT2D eigenvalue weighted by Gasteiger charge is -2.33. The van der Waals surface area contributed by atoms with Crippen molar-refractivity contribution in [3.8, 4) is 5.75 Å². The summed E-state index contributed by atoms with van der Waals surface area (Å²) in [6, 6.07) is 8.15. The van der Waals surface area contributed by atoms with Gasteiger partial charge in [0.15, 0.2) is 0 Å². The van der Waals surface area contributed by atoms with Crippen molar-refractivity contribution in [2.75, 3.05) is 44.7 Å². The highest BCUT2D eigenvalue weighted by atomic mass is 16.5. The average molecular weight is 279 g/mol. The fraction of sp³-hybridized carbons (Fsp3) is 0.500. The smallest absolute Gasteiger partial charge is 0.239 e. The Morgan fingerprint density at radius 2 is 2.00 bits per heavy atom. The lowest BCUT2D eigenvalue weighted by Crippen LogP contribution is -3.15. The molecule has 0 saturated carbocycles. The van der Waals surface area contributed by atoms with Gasteiger partial charge in [0.2, 0.25) is 5.91 Å². The third kappa shape index (κ3) is 3.85. The summed E-state index contributed by atoms with van der Waals surface area (Å²) in [6.45, 7) is 4.95. The lowest BCUT2D eigenvalue weighted by molar-refractivity contribution is -0.900. The summed E-state index contributed by atoms with van der Waals surface area (Å²) in [4.78, 5) is 15.0. The number of rotatable bonds is 5. The van der Waals surface area contributed by atoms with Gasteiger partial charge in [-0.05, 0) is 24.3 Å². The van der Waals surface area contributed by atoms with Gasteiger partial charge in [-0.25, -0.2) is 5.84 Å². The molecule has 6 nitrogen and oxygen atoms in total. The fourth-order valence-corrected chi connectivity index (χ4v) is 2.49. The van der Waals surface area contributed by atoms with E-state index < -0.39 is 0 Å². The third-order valence-electron chi connectivity index (χ3n) is 3.77. The Morgan fingerprint density at radius 3 is 2.55 bits per heavy atom. The molecule has 6 heteroatoms. The predicted octanol–water partition coefficient (Wildman–Crippen LogP) is -1.22. The minimum atomic E-state index is -0.0879. The Morgan fingerprint density at radius 1 is 1.35 bits per heavy atom. The molecule has 110 valence electrons. The van der Waals surface area contributed by atoms with Crippen molar-refractivity contribution in [3.05, 3.63) is 24.3 Å². The molecule has 1 aromatic rings. The molecule has 0 spiro atoms. The van der Waals surface area contributed by atoms with Crippen LogP contribution in [0.4, 0.5) is 5.69 Å². The van der Waals surface area contributed by atoms with Crippen LogP contribution in [-0.2, 0) is 4.79 Å². The number of nitrogens with zero attached hydrogens (tertiary/aromatic N) is 1. The maximum Gasteiger partial charge on any atom is 0.239 e. The number of hydrogen-bond donors (Lipinski definition) is 3. The number of nitrogens with two attached hydrogens (primary N) is 1. The molecule has 0 bridgehead atoms. The van der Waals surface area contributed by atoms with Crippen molar-refractivity contribution in [2.24, 2.45) is 5.84 Å². The first-order chi connectivity index (χ1) is 9.72. The maximum atomic E-state index is 11.1. The summed E-state index contributed by atoms with van der Waals surface area (Å²) in [5.41, 5.74) is 3.40. The van der Waals surface area contributed by atoms with E-state index in [4.69, 9.17) is 10.6 Å². The average Bonchev–Trinajstić information content (AvgIpc) is 2.53. The van der Waals surface area contributed by atoms with Gasteiger partial charge in [0.1, 0.15) is 5.75 Å². The molecular weight excluding hydrogens is 256 g/mol. The van der Waals surface area contributed by atoms with Crippen molar-refractivity contribution in [1.82, 2.24) is 5.43 Å². The first-order valence-corrected chi connectivity index (χ1v) is 6.95. The van der Waals surface area contributed by atoms with E-state index >= 15 is 0 Å². The summed E-state index contributed by atoms with van der Waals surface area (Å²) in [6.07, 6.45) is 0.494. The van der Waals surface area contributed by atoms with Crippen LogP contribution in [-0.4, -0.2) is 45.7 Å². The number of carbonyl (C=O) groups is 1. The summed E-state index contributed by atoms with van der Waals surface area (Å²) in [5, 5.41) is 0. The van der Waals surface area contributed by atoms with Gasteiger partial charge in [-0.3, -0.25) is 10.2 Å². The molecule has 0 aliphatic carbocycles. The van der Waals surface area contributed by atoms with Crippen molar-refractivity contribution in [3.63, 3.8) is 0 Å². The molecule has 0 atom stereocenters. The molecule has 0 unspecified atom stereocenters. The van der Waals surface area contributed by atoms with Crippen molar-refractivity contribution >= 4 is 11.6 Å². The van der Waals surface area contributed by atoms with E-state index in [0.29, 0.717) is 6.42 Å². The number of hydrogen-bond acceptors (Lipinski definition) is 4. The number of benzene rings is 1. The monoisotopic (exact) mass is 279 g/mol. The summed E-state index contributed by atoms with van der Waals surface area (Å²) in [5.74, 6) is 5.87. The van der Waals surface area contributed by atoms with E-state index in [1.54, 1.807) is 7.11 Å². The first kappa shape index (κ1) is 14.6. The molecular formula is C14H23N4O2+. The highest BCUT2D eigenvalue weighted by Gasteiger charge is 2.20. The van der Waals surface area contributed by atoms with Crippen molar-refractivity contribution in [1.29, 1.82) is 0 Å². The number of quaternary nitrogens is 1. The molecule has 1 saturated heterocycles. The molecule has 4 N–H and O–H groups in total. The van der Waals surface area contributed by atoms with Gasteiger partial charge in [-0.15, -0.1) is 0 Å². The minimum Gasteiger partial charge on any atom is -0.497 e. The maximum absolute atomic E-state index is 11.1. The quantitative estimate of drug-likeness (QED) is 0.359. The van der Waals surface area contributed by atoms with Crippen LogP contribution in [0.3, 0.4) is 0 Å². The second-order valence-electron chi connectivity index (χ2n) is 5.00. The molecule has 1 fully saturated rings. The van der Waals surface area contributed by atoms with Crippen molar-refractivity contribution < 1.29 is 14.4 Å². The van der Waals surface area contributed by atoms with Crippen LogP contribution in [0.25, 0.3) is 0 Å². The Labute approximate surface area is 119 Å². The SMILES string of the molecule is COc1ccc(N2CC[NH+](CCC(=O)NN)CC2)cc1. The largest absolute Gasteiger partial charge is 0.497 e. The van der Waals surface area contributed by atoms with Crippen LogP contribution < -0.4 is 25.8 Å². The number of anilines is 1. The van der Waals surface area contributed by atoms with Gasteiger partial charge in [-0.2, -0.15) is 0 Å². The van der Waals surface area contributed by atoms with Crippen LogP contribution in [0, 0.1) is 0 Å². The zero-order valence-electron chi connectivity index (χ0n) is 11.9. The van der Waals surface area contributed by atoms with Crippen LogP contribution in [0.2, 0.25) is 0 Å². The molecule has 1 aromatic carbocycles. The standard InChI is InChI=1S/C14H22N4O2/c1-20-13-4-2-12(3-5-13)18-10-8-17(9-11-18)7-6-14(19)16-15/h2-5H,6-11,15H2,1H3,(H,16,19)/p+1. The van der Waals surface area contributed by atoms with E-state index in [1.807, 2.05) is 12.1 Å². The van der Waals surface area contributed by atoms with E-state index in [0.717, 1.165) is 38.5 Å². The third-order valence-corrected chi connectivity index (χ3v) is 3.77. The number of amides is 1. The van der Waals surface area contributed by atoms with Gasteiger partial charge < -0.3 is 14.5 Å². The van der Waals surface area contributed by atoms with Gasteiger partial charge in [0, 0.05) is 5.69 Å². The molecule has 1 heterocycles. The topological polar surface area (TPSA) is 72.0 Å². The number of piperazine rings is 1. The lowest BCUT2D eigenvalue weighted by atomic mass is 10.2. The predicted molar refractivity (Wildman–Crippen MR) is 77.7 cm³/mol. The van der Waals surface area contributed by atoms with Gasteiger partial charge in [-0.1, -0.05) is 0 Å². The second-order valence-corrected chi connectivity index (χ2v) is 5.00. The van der Waals surface area contributed by atoms with Crippen LogP contribution in [0.15, 0.2) is 24.3 Å². The normalized spacial score (nSPS) is 16.0. The Bertz CT molecular complexity index is 427. The second kappa shape index (κ2) is 7.12. The Balaban J connectivity index is 1.79. The molecule has 1 amide bonds. The summed E-state index contributed by atoms with van der Waals surface area (Å²) < 4.78 is 5.17. The Hall–Kier alpha value is -1.79.